The van der Waals surface area contributed by atoms with Crippen LogP contribution in [0.5, 0.6) is 11.5 Å². The van der Waals surface area contributed by atoms with Gasteiger partial charge in [0.2, 0.25) is 0 Å². The largest absolute Gasteiger partial charge is 0.486 e. The van der Waals surface area contributed by atoms with E-state index in [0.717, 1.165) is 4.88 Å². The molecular formula is C21H20N2O6S. The number of benzene rings is 1. The third-order valence-corrected chi connectivity index (χ3v) is 5.46. The van der Waals surface area contributed by atoms with Gasteiger partial charge in [-0.05, 0) is 37.4 Å². The standard InChI is InChI=1S/C21H20N2O6S/c1-13-20(14(2)29-22-13)21(25)28-12-19(24)23(11-16-4-3-9-30-16)15-5-6-17-18(10-15)27-8-7-26-17/h3-6,9-10H,7-8,11-12H2,1-2H3. The van der Waals surface area contributed by atoms with Crippen LogP contribution in [0.25, 0.3) is 0 Å². The number of anilines is 1. The number of carbonyl (C=O) groups excluding carboxylic acids is 2. The van der Waals surface area contributed by atoms with E-state index in [9.17, 15) is 9.59 Å². The summed E-state index contributed by atoms with van der Waals surface area (Å²) >= 11 is 1.54. The molecule has 0 saturated heterocycles. The number of hydrogen-bond acceptors (Lipinski definition) is 8. The third-order valence-electron chi connectivity index (χ3n) is 4.60. The van der Waals surface area contributed by atoms with Crippen molar-refractivity contribution < 1.29 is 28.3 Å². The van der Waals surface area contributed by atoms with E-state index in [1.54, 1.807) is 48.3 Å². The molecule has 9 heteroatoms. The van der Waals surface area contributed by atoms with Crippen LogP contribution in [0.2, 0.25) is 0 Å². The van der Waals surface area contributed by atoms with Gasteiger partial charge >= 0.3 is 5.97 Å². The smallest absolute Gasteiger partial charge is 0.344 e. The molecule has 0 radical (unpaired) electrons. The fourth-order valence-corrected chi connectivity index (χ4v) is 3.83. The zero-order valence-corrected chi connectivity index (χ0v) is 17.4. The van der Waals surface area contributed by atoms with E-state index >= 15 is 0 Å². The van der Waals surface area contributed by atoms with E-state index in [0.29, 0.717) is 48.4 Å². The summed E-state index contributed by atoms with van der Waals surface area (Å²) in [4.78, 5) is 28.0. The van der Waals surface area contributed by atoms with Crippen molar-refractivity contribution >= 4 is 28.9 Å². The average molecular weight is 428 g/mol. The van der Waals surface area contributed by atoms with Crippen molar-refractivity contribution in [3.05, 3.63) is 57.6 Å². The van der Waals surface area contributed by atoms with Crippen molar-refractivity contribution in [3.63, 3.8) is 0 Å². The normalized spacial score (nSPS) is 12.5. The van der Waals surface area contributed by atoms with Gasteiger partial charge in [-0.15, -0.1) is 11.3 Å². The molecule has 0 aliphatic carbocycles. The second kappa shape index (κ2) is 8.58. The van der Waals surface area contributed by atoms with E-state index in [1.807, 2.05) is 17.5 Å². The molecule has 0 atom stereocenters. The average Bonchev–Trinajstić information content (AvgIpc) is 3.39. The van der Waals surface area contributed by atoms with Crippen molar-refractivity contribution in [3.8, 4) is 11.5 Å². The number of aromatic nitrogens is 1. The van der Waals surface area contributed by atoms with E-state index in [4.69, 9.17) is 18.7 Å². The molecule has 1 aliphatic heterocycles. The van der Waals surface area contributed by atoms with Crippen molar-refractivity contribution in [2.24, 2.45) is 0 Å². The third kappa shape index (κ3) is 4.16. The lowest BCUT2D eigenvalue weighted by atomic mass is 10.2. The van der Waals surface area contributed by atoms with Crippen LogP contribution in [0.4, 0.5) is 5.69 Å². The number of rotatable bonds is 6. The maximum absolute atomic E-state index is 13.0. The van der Waals surface area contributed by atoms with Gasteiger partial charge < -0.3 is 23.6 Å². The Bertz CT molecular complexity index is 1040. The minimum Gasteiger partial charge on any atom is -0.486 e. The van der Waals surface area contributed by atoms with Gasteiger partial charge in [0.25, 0.3) is 5.91 Å². The van der Waals surface area contributed by atoms with Crippen LogP contribution >= 0.6 is 11.3 Å². The second-order valence-electron chi connectivity index (χ2n) is 6.66. The van der Waals surface area contributed by atoms with Crippen LogP contribution in [0.3, 0.4) is 0 Å². The van der Waals surface area contributed by atoms with Gasteiger partial charge in [-0.1, -0.05) is 11.2 Å². The summed E-state index contributed by atoms with van der Waals surface area (Å²) in [5.41, 5.74) is 1.30. The zero-order chi connectivity index (χ0) is 21.1. The molecule has 0 fully saturated rings. The van der Waals surface area contributed by atoms with Gasteiger partial charge in [-0.3, -0.25) is 4.79 Å². The predicted octanol–water partition coefficient (Wildman–Crippen LogP) is 3.51. The molecule has 0 saturated carbocycles. The molecule has 30 heavy (non-hydrogen) atoms. The molecule has 0 N–H and O–H groups in total. The number of fused-ring (bicyclic) bond motifs is 1. The van der Waals surface area contributed by atoms with Gasteiger partial charge in [0, 0.05) is 16.6 Å². The van der Waals surface area contributed by atoms with E-state index in [1.165, 1.54) is 0 Å². The summed E-state index contributed by atoms with van der Waals surface area (Å²) in [6.07, 6.45) is 0. The highest BCUT2D eigenvalue weighted by atomic mass is 32.1. The Morgan fingerprint density at radius 1 is 1.17 bits per heavy atom. The Morgan fingerprint density at radius 3 is 2.67 bits per heavy atom. The molecule has 8 nitrogen and oxygen atoms in total. The molecule has 1 aromatic carbocycles. The summed E-state index contributed by atoms with van der Waals surface area (Å²) in [7, 11) is 0. The lowest BCUT2D eigenvalue weighted by Crippen LogP contribution is -2.34. The van der Waals surface area contributed by atoms with Crippen LogP contribution in [0.1, 0.15) is 26.7 Å². The molecule has 3 heterocycles. The Hall–Kier alpha value is -3.33. The summed E-state index contributed by atoms with van der Waals surface area (Å²) in [6, 6.07) is 9.18. The molecule has 0 unspecified atom stereocenters. The number of hydrogen-bond donors (Lipinski definition) is 0. The molecule has 3 aromatic rings. The highest BCUT2D eigenvalue weighted by molar-refractivity contribution is 7.09. The minimum atomic E-state index is -0.641. The highest BCUT2D eigenvalue weighted by Crippen LogP contribution is 2.34. The van der Waals surface area contributed by atoms with Gasteiger partial charge in [0.1, 0.15) is 24.5 Å². The summed E-state index contributed by atoms with van der Waals surface area (Å²) in [6.45, 7) is 4.14. The van der Waals surface area contributed by atoms with Crippen LogP contribution in [0.15, 0.2) is 40.2 Å². The SMILES string of the molecule is Cc1noc(C)c1C(=O)OCC(=O)N(Cc1cccs1)c1ccc2c(c1)OCCO2. The van der Waals surface area contributed by atoms with Crippen LogP contribution < -0.4 is 14.4 Å². The van der Waals surface area contributed by atoms with Crippen molar-refractivity contribution in [2.45, 2.75) is 20.4 Å². The molecule has 4 rings (SSSR count). The first-order valence-corrected chi connectivity index (χ1v) is 10.2. The van der Waals surface area contributed by atoms with Crippen molar-refractivity contribution in [1.29, 1.82) is 0 Å². The first-order chi connectivity index (χ1) is 14.5. The predicted molar refractivity (Wildman–Crippen MR) is 109 cm³/mol. The molecular weight excluding hydrogens is 408 g/mol. The van der Waals surface area contributed by atoms with Gasteiger partial charge in [0.15, 0.2) is 18.1 Å². The summed E-state index contributed by atoms with van der Waals surface area (Å²) < 4.78 is 21.5. The maximum Gasteiger partial charge on any atom is 0.344 e. The first kappa shape index (κ1) is 20.0. The van der Waals surface area contributed by atoms with Gasteiger partial charge in [-0.2, -0.15) is 0 Å². The lowest BCUT2D eigenvalue weighted by molar-refractivity contribution is -0.121. The fraction of sp³-hybridized carbons (Fsp3) is 0.286. The Labute approximate surface area is 176 Å². The van der Waals surface area contributed by atoms with Crippen LogP contribution in [-0.2, 0) is 16.1 Å². The Morgan fingerprint density at radius 2 is 1.97 bits per heavy atom. The number of esters is 1. The molecule has 156 valence electrons. The maximum atomic E-state index is 13.0. The molecule has 1 aliphatic rings. The van der Waals surface area contributed by atoms with E-state index in [-0.39, 0.29) is 11.5 Å². The fourth-order valence-electron chi connectivity index (χ4n) is 3.13. The lowest BCUT2D eigenvalue weighted by Gasteiger charge is -2.25. The van der Waals surface area contributed by atoms with Crippen LogP contribution in [-0.4, -0.2) is 36.9 Å². The van der Waals surface area contributed by atoms with E-state index < -0.39 is 12.6 Å². The minimum absolute atomic E-state index is 0.243. The highest BCUT2D eigenvalue weighted by Gasteiger charge is 2.24. The van der Waals surface area contributed by atoms with Gasteiger partial charge in [0.05, 0.1) is 12.2 Å². The monoisotopic (exact) mass is 428 g/mol. The molecule has 1 amide bonds. The van der Waals surface area contributed by atoms with Gasteiger partial charge in [-0.25, -0.2) is 4.79 Å². The zero-order valence-electron chi connectivity index (χ0n) is 16.5. The molecule has 2 aromatic heterocycles. The summed E-state index contributed by atoms with van der Waals surface area (Å²) in [5.74, 6) is 0.569. The summed E-state index contributed by atoms with van der Waals surface area (Å²) in [5, 5.41) is 5.69. The number of nitrogens with zero attached hydrogens (tertiary/aromatic N) is 2. The van der Waals surface area contributed by atoms with Crippen molar-refractivity contribution in [2.75, 3.05) is 24.7 Å². The first-order valence-electron chi connectivity index (χ1n) is 9.35. The number of amides is 1. The van der Waals surface area contributed by atoms with E-state index in [2.05, 4.69) is 5.16 Å². The molecule has 0 spiro atoms. The Kier molecular flexibility index (Phi) is 5.71. The van der Waals surface area contributed by atoms with Crippen LogP contribution in [0, 0.1) is 13.8 Å². The van der Waals surface area contributed by atoms with Crippen molar-refractivity contribution in [1.82, 2.24) is 5.16 Å². The number of thiophene rings is 1. The second-order valence-corrected chi connectivity index (χ2v) is 7.69. The number of aryl methyl sites for hydroxylation is 2. The number of carbonyl (C=O) groups is 2. The quantitative estimate of drug-likeness (QED) is 0.555. The Balaban J connectivity index is 1.53. The topological polar surface area (TPSA) is 91.1 Å². The number of ether oxygens (including phenoxy) is 3. The molecule has 0 bridgehead atoms.